The Balaban J connectivity index is 2.21. The third kappa shape index (κ3) is 2.69. The average Bonchev–Trinajstić information content (AvgIpc) is 2.35. The molecule has 2 rings (SSSR count). The Morgan fingerprint density at radius 2 is 1.83 bits per heavy atom. The molecule has 0 fully saturated rings. The van der Waals surface area contributed by atoms with Gasteiger partial charge in [0.25, 0.3) is 0 Å². The van der Waals surface area contributed by atoms with Crippen molar-refractivity contribution in [2.24, 2.45) is 0 Å². The Labute approximate surface area is 106 Å². The van der Waals surface area contributed by atoms with E-state index in [0.717, 1.165) is 22.5 Å². The summed E-state index contributed by atoms with van der Waals surface area (Å²) in [5.41, 5.74) is 10.0. The highest BCUT2D eigenvalue weighted by molar-refractivity contribution is 5.78. The summed E-state index contributed by atoms with van der Waals surface area (Å²) < 4.78 is 12.8. The zero-order valence-corrected chi connectivity index (χ0v) is 10.2. The van der Waals surface area contributed by atoms with Gasteiger partial charge in [0.05, 0.1) is 0 Å². The molecule has 2 aromatic carbocycles. The molecule has 0 spiro atoms. The van der Waals surface area contributed by atoms with Gasteiger partial charge in [-0.1, -0.05) is 12.6 Å². The van der Waals surface area contributed by atoms with Crippen LogP contribution < -0.4 is 11.1 Å². The average molecular weight is 242 g/mol. The molecule has 3 N–H and O–H groups in total. The fourth-order valence-electron chi connectivity index (χ4n) is 1.74. The number of benzene rings is 2. The van der Waals surface area contributed by atoms with Gasteiger partial charge in [0.2, 0.25) is 0 Å². The van der Waals surface area contributed by atoms with Crippen LogP contribution in [0.2, 0.25) is 0 Å². The summed E-state index contributed by atoms with van der Waals surface area (Å²) in [6.45, 7) is 5.98. The number of hydrogen-bond donors (Lipinski definition) is 2. The first-order chi connectivity index (χ1) is 8.56. The molecule has 0 aliphatic carbocycles. The molecule has 0 bridgehead atoms. The first-order valence-electron chi connectivity index (χ1n) is 5.64. The molecule has 0 radical (unpaired) electrons. The number of nitrogen functional groups attached to an aromatic ring is 1. The summed E-state index contributed by atoms with van der Waals surface area (Å²) in [5.74, 6) is -0.258. The van der Waals surface area contributed by atoms with E-state index in [4.69, 9.17) is 5.73 Å². The van der Waals surface area contributed by atoms with Crippen molar-refractivity contribution in [1.82, 2.24) is 0 Å². The highest BCUT2D eigenvalue weighted by Crippen LogP contribution is 2.22. The molecule has 2 nitrogen and oxygen atoms in total. The molecule has 0 atom stereocenters. The Kier molecular flexibility index (Phi) is 3.33. The molecule has 0 aliphatic rings. The van der Waals surface area contributed by atoms with Crippen molar-refractivity contribution in [1.29, 1.82) is 0 Å². The molecule has 18 heavy (non-hydrogen) atoms. The van der Waals surface area contributed by atoms with Crippen LogP contribution >= 0.6 is 0 Å². The summed E-state index contributed by atoms with van der Waals surface area (Å²) in [5, 5.41) is 3.14. The molecule has 92 valence electrons. The molecular formula is C15H15FN2. The van der Waals surface area contributed by atoms with Gasteiger partial charge in [-0.25, -0.2) is 4.39 Å². The Morgan fingerprint density at radius 1 is 1.17 bits per heavy atom. The minimum atomic E-state index is -0.258. The van der Waals surface area contributed by atoms with E-state index >= 15 is 0 Å². The molecule has 3 heteroatoms. The summed E-state index contributed by atoms with van der Waals surface area (Å²) >= 11 is 0. The van der Waals surface area contributed by atoms with Crippen molar-refractivity contribution in [3.8, 4) is 0 Å². The lowest BCUT2D eigenvalue weighted by Gasteiger charge is -2.13. The van der Waals surface area contributed by atoms with Crippen molar-refractivity contribution in [2.75, 3.05) is 11.1 Å². The SMILES string of the molecule is C=C(Nc1ccc(F)cc1)c1cc(N)ccc1C. The molecule has 0 saturated heterocycles. The van der Waals surface area contributed by atoms with Crippen molar-refractivity contribution in [3.63, 3.8) is 0 Å². The van der Waals surface area contributed by atoms with Gasteiger partial charge in [0.1, 0.15) is 5.82 Å². The van der Waals surface area contributed by atoms with Crippen LogP contribution in [0.15, 0.2) is 49.0 Å². The maximum Gasteiger partial charge on any atom is 0.123 e. The van der Waals surface area contributed by atoms with Crippen molar-refractivity contribution in [3.05, 3.63) is 66.0 Å². The van der Waals surface area contributed by atoms with E-state index in [1.165, 1.54) is 12.1 Å². The number of hydrogen-bond acceptors (Lipinski definition) is 2. The van der Waals surface area contributed by atoms with Crippen LogP contribution in [-0.4, -0.2) is 0 Å². The van der Waals surface area contributed by atoms with Crippen LogP contribution in [-0.2, 0) is 0 Å². The van der Waals surface area contributed by atoms with Gasteiger partial charge in [0.15, 0.2) is 0 Å². The number of nitrogens with two attached hydrogens (primary N) is 1. The standard InChI is InChI=1S/C15H15FN2/c1-10-3-6-13(17)9-15(10)11(2)18-14-7-4-12(16)5-8-14/h3-9,18H,2,17H2,1H3. The van der Waals surface area contributed by atoms with E-state index in [2.05, 4.69) is 11.9 Å². The molecule has 0 aliphatic heterocycles. The maximum atomic E-state index is 12.8. The van der Waals surface area contributed by atoms with Gasteiger partial charge in [-0.15, -0.1) is 0 Å². The third-order valence-electron chi connectivity index (χ3n) is 2.73. The van der Waals surface area contributed by atoms with E-state index in [-0.39, 0.29) is 5.82 Å². The van der Waals surface area contributed by atoms with Gasteiger partial charge >= 0.3 is 0 Å². The molecule has 0 saturated carbocycles. The number of anilines is 2. The van der Waals surface area contributed by atoms with Gasteiger partial charge in [0, 0.05) is 22.6 Å². The predicted octanol–water partition coefficient (Wildman–Crippen LogP) is 3.80. The van der Waals surface area contributed by atoms with E-state index < -0.39 is 0 Å². The molecule has 0 aromatic heterocycles. The maximum absolute atomic E-state index is 12.8. The van der Waals surface area contributed by atoms with Crippen LogP contribution in [0.1, 0.15) is 11.1 Å². The predicted molar refractivity (Wildman–Crippen MR) is 74.6 cm³/mol. The second kappa shape index (κ2) is 4.92. The zero-order valence-electron chi connectivity index (χ0n) is 10.2. The normalized spacial score (nSPS) is 10.1. The summed E-state index contributed by atoms with van der Waals surface area (Å²) in [7, 11) is 0. The number of aryl methyl sites for hydroxylation is 1. The summed E-state index contributed by atoms with van der Waals surface area (Å²) in [4.78, 5) is 0. The molecular weight excluding hydrogens is 227 g/mol. The Morgan fingerprint density at radius 3 is 2.50 bits per heavy atom. The van der Waals surface area contributed by atoms with Crippen LogP contribution in [0.3, 0.4) is 0 Å². The quantitative estimate of drug-likeness (QED) is 0.803. The molecule has 0 heterocycles. The summed E-state index contributed by atoms with van der Waals surface area (Å²) in [6, 6.07) is 11.8. The zero-order chi connectivity index (χ0) is 13.1. The van der Waals surface area contributed by atoms with E-state index in [0.29, 0.717) is 5.69 Å². The number of halogens is 1. The van der Waals surface area contributed by atoms with Crippen LogP contribution in [0.4, 0.5) is 15.8 Å². The van der Waals surface area contributed by atoms with E-state index in [9.17, 15) is 4.39 Å². The lowest BCUT2D eigenvalue weighted by Crippen LogP contribution is -2.00. The van der Waals surface area contributed by atoms with Crippen molar-refractivity contribution in [2.45, 2.75) is 6.92 Å². The largest absolute Gasteiger partial charge is 0.399 e. The summed E-state index contributed by atoms with van der Waals surface area (Å²) in [6.07, 6.45) is 0. The highest BCUT2D eigenvalue weighted by atomic mass is 19.1. The van der Waals surface area contributed by atoms with Gasteiger partial charge in [-0.05, 0) is 48.9 Å². The lowest BCUT2D eigenvalue weighted by molar-refractivity contribution is 0.628. The van der Waals surface area contributed by atoms with Crippen LogP contribution in [0.5, 0.6) is 0 Å². The fraction of sp³-hybridized carbons (Fsp3) is 0.0667. The third-order valence-corrected chi connectivity index (χ3v) is 2.73. The minimum absolute atomic E-state index is 0.258. The second-order valence-corrected chi connectivity index (χ2v) is 4.18. The highest BCUT2D eigenvalue weighted by Gasteiger charge is 2.04. The molecule has 0 amide bonds. The first kappa shape index (κ1) is 12.2. The van der Waals surface area contributed by atoms with Crippen molar-refractivity contribution < 1.29 is 4.39 Å². The van der Waals surface area contributed by atoms with Gasteiger partial charge < -0.3 is 11.1 Å². The molecule has 0 unspecified atom stereocenters. The Hall–Kier alpha value is -2.29. The van der Waals surface area contributed by atoms with Crippen molar-refractivity contribution >= 4 is 17.1 Å². The van der Waals surface area contributed by atoms with Gasteiger partial charge in [-0.2, -0.15) is 0 Å². The minimum Gasteiger partial charge on any atom is -0.399 e. The topological polar surface area (TPSA) is 38.0 Å². The van der Waals surface area contributed by atoms with Crippen LogP contribution in [0.25, 0.3) is 5.70 Å². The van der Waals surface area contributed by atoms with E-state index in [1.54, 1.807) is 12.1 Å². The number of nitrogens with one attached hydrogen (secondary N) is 1. The lowest BCUT2D eigenvalue weighted by atomic mass is 10.1. The fourth-order valence-corrected chi connectivity index (χ4v) is 1.74. The Bertz CT molecular complexity index is 574. The second-order valence-electron chi connectivity index (χ2n) is 4.18. The number of rotatable bonds is 3. The smallest absolute Gasteiger partial charge is 0.123 e. The van der Waals surface area contributed by atoms with Gasteiger partial charge in [-0.3, -0.25) is 0 Å². The van der Waals surface area contributed by atoms with E-state index in [1.807, 2.05) is 25.1 Å². The molecule has 2 aromatic rings. The van der Waals surface area contributed by atoms with Crippen LogP contribution in [0, 0.1) is 12.7 Å². The monoisotopic (exact) mass is 242 g/mol. The first-order valence-corrected chi connectivity index (χ1v) is 5.64.